The molecule has 7 amide bonds. The number of aliphatic hydroxyl groups excluding tert-OH is 7. The summed E-state index contributed by atoms with van der Waals surface area (Å²) in [5.74, 6) is -6.43. The summed E-state index contributed by atoms with van der Waals surface area (Å²) in [4.78, 5) is 102. The van der Waals surface area contributed by atoms with E-state index < -0.39 is 146 Å². The highest BCUT2D eigenvalue weighted by atomic mass is 16.3. The largest absolute Gasteiger partial charge is 0.508 e. The number of phenols is 1. The van der Waals surface area contributed by atoms with E-state index in [9.17, 15) is 74.4 Å². The quantitative estimate of drug-likeness (QED) is 0.0477. The molecule has 3 aliphatic heterocycles. The fourth-order valence-corrected chi connectivity index (χ4v) is 10.2. The Morgan fingerprint density at radius 3 is 1.97 bits per heavy atom. The Labute approximate surface area is 450 Å². The maximum atomic E-state index is 14.6. The molecule has 4 rings (SSSR count). The number of amides is 7. The molecule has 0 spiro atoms. The van der Waals surface area contributed by atoms with Crippen LogP contribution in [0.1, 0.15) is 129 Å². The van der Waals surface area contributed by atoms with Gasteiger partial charge in [-0.25, -0.2) is 0 Å². The molecule has 16 atom stereocenters. The number of carbonyl (C=O) groups is 7. The molecule has 0 saturated carbocycles. The number of hydrogen-bond acceptors (Lipinski definition) is 18. The molecule has 3 heterocycles. The number of hydrogen-bond donors (Lipinski definition) is 16. The Balaban J connectivity index is 1.73. The van der Waals surface area contributed by atoms with E-state index in [0.717, 1.165) is 55.2 Å². The maximum absolute atomic E-state index is 14.6. The van der Waals surface area contributed by atoms with Gasteiger partial charge in [0, 0.05) is 45.4 Å². The first-order valence-electron chi connectivity index (χ1n) is 27.3. The Bertz CT molecular complexity index is 2070. The van der Waals surface area contributed by atoms with Gasteiger partial charge in [0.1, 0.15) is 60.4 Å². The molecule has 3 saturated heterocycles. The zero-order valence-electron chi connectivity index (χ0n) is 45.0. The molecular formula is C52H88N10O15. The molecule has 0 aromatic heterocycles. The summed E-state index contributed by atoms with van der Waals surface area (Å²) >= 11 is 0. The molecule has 0 radical (unpaired) electrons. The zero-order chi connectivity index (χ0) is 57.1. The monoisotopic (exact) mass is 1090 g/mol. The lowest BCUT2D eigenvalue weighted by Gasteiger charge is -2.35. The van der Waals surface area contributed by atoms with Gasteiger partial charge in [-0.1, -0.05) is 77.8 Å². The highest BCUT2D eigenvalue weighted by Crippen LogP contribution is 2.27. The summed E-state index contributed by atoms with van der Waals surface area (Å²) in [5, 5.41) is 104. The highest BCUT2D eigenvalue weighted by molar-refractivity contribution is 5.98. The van der Waals surface area contributed by atoms with E-state index in [-0.39, 0.29) is 56.8 Å². The topological polar surface area (TPSA) is 412 Å². The SMILES string of the molecule is CCC(C)CC(C)CCCCCCCCC(=O)N[C@H]1C[C@@H](O)[C@@H](NCCN)NC(=O)[C@@H]2[C@@H](O)CCN2C(=O)C([C@H](O)CCN)NC(=O)C([C@H](O)[C@@H](O)c2ccc(O)cc2)NC(=O)[C@@H]2C[C@@H](O)CN2C(=O)C([C@@H](C)O)NC1=O. The van der Waals surface area contributed by atoms with Crippen molar-refractivity contribution in [1.82, 2.24) is 41.7 Å². The standard InChI is InChI=1S/C52H88N10O15/c1-5-28(2)24-29(3)12-10-8-6-7-9-11-13-39(69)56-34-26-38(68)46(55-22-21-54)60-50(75)43-37(67)19-23-61(43)52(77)41(36(66)18-20-53)58-49(74)42(45(71)44(70)31-14-16-32(64)17-15-31)59-48(73)35-25-33(65)27-62(35)51(76)40(30(4)63)57-47(34)72/h14-17,28-30,33-38,40-46,55,63-68,70-71H,5-13,18-27,53-54H2,1-4H3,(H,56,69)(H,57,72)(H,58,74)(H,59,73)(H,60,75)/t28?,29?,30-,33-,34+,35+,36-,37+,38-,40?,41?,42?,43+,44+,45+,46+/m1/s1. The van der Waals surface area contributed by atoms with Crippen LogP contribution in [0.5, 0.6) is 5.75 Å². The van der Waals surface area contributed by atoms with Crippen molar-refractivity contribution in [1.29, 1.82) is 0 Å². The van der Waals surface area contributed by atoms with Gasteiger partial charge in [0.15, 0.2) is 0 Å². The van der Waals surface area contributed by atoms with Gasteiger partial charge in [-0.15, -0.1) is 0 Å². The minimum absolute atomic E-state index is 0.0257. The van der Waals surface area contributed by atoms with Crippen LogP contribution in [0.3, 0.4) is 0 Å². The molecule has 18 N–H and O–H groups in total. The lowest BCUT2D eigenvalue weighted by Crippen LogP contribution is -2.65. The van der Waals surface area contributed by atoms with Crippen LogP contribution in [0.2, 0.25) is 0 Å². The first-order valence-corrected chi connectivity index (χ1v) is 27.3. The van der Waals surface area contributed by atoms with Crippen molar-refractivity contribution < 1.29 is 74.4 Å². The van der Waals surface area contributed by atoms with Crippen molar-refractivity contribution in [3.05, 3.63) is 29.8 Å². The summed E-state index contributed by atoms with van der Waals surface area (Å²) in [6.45, 7) is 6.73. The van der Waals surface area contributed by atoms with Crippen LogP contribution < -0.4 is 43.4 Å². The van der Waals surface area contributed by atoms with Gasteiger partial charge in [-0.2, -0.15) is 0 Å². The second-order valence-corrected chi connectivity index (χ2v) is 21.3. The Hall–Kier alpha value is -5.09. The number of rotatable bonds is 23. The first kappa shape index (κ1) is 64.4. The van der Waals surface area contributed by atoms with E-state index >= 15 is 0 Å². The predicted octanol–water partition coefficient (Wildman–Crippen LogP) is -3.31. The molecule has 5 unspecified atom stereocenters. The van der Waals surface area contributed by atoms with Crippen molar-refractivity contribution in [2.45, 2.75) is 203 Å². The average Bonchev–Trinajstić information content (AvgIpc) is 3.99. The van der Waals surface area contributed by atoms with E-state index in [2.05, 4.69) is 52.7 Å². The van der Waals surface area contributed by atoms with E-state index in [1.54, 1.807) is 0 Å². The van der Waals surface area contributed by atoms with Gasteiger partial charge >= 0.3 is 0 Å². The lowest BCUT2D eigenvalue weighted by molar-refractivity contribution is -0.148. The van der Waals surface area contributed by atoms with Gasteiger partial charge in [0.25, 0.3) is 0 Å². The Morgan fingerprint density at radius 2 is 1.34 bits per heavy atom. The fraction of sp³-hybridized carbons (Fsp3) is 0.750. The van der Waals surface area contributed by atoms with Gasteiger partial charge < -0.3 is 88.7 Å². The number of aliphatic hydroxyl groups is 7. The molecule has 77 heavy (non-hydrogen) atoms. The molecule has 25 heteroatoms. The highest BCUT2D eigenvalue weighted by Gasteiger charge is 2.49. The Kier molecular flexibility index (Phi) is 26.4. The van der Waals surface area contributed by atoms with Gasteiger partial charge in [0.05, 0.1) is 30.5 Å². The first-order chi connectivity index (χ1) is 36.5. The summed E-state index contributed by atoms with van der Waals surface area (Å²) in [6.07, 6.45) is -6.95. The lowest BCUT2D eigenvalue weighted by atomic mass is 9.91. The number of benzene rings is 1. The molecule has 436 valence electrons. The summed E-state index contributed by atoms with van der Waals surface area (Å²) in [6, 6.07) is -6.40. The molecule has 3 fully saturated rings. The van der Waals surface area contributed by atoms with Crippen molar-refractivity contribution >= 4 is 41.4 Å². The average molecular weight is 1090 g/mol. The number of nitrogens with zero attached hydrogens (tertiary/aromatic N) is 2. The minimum Gasteiger partial charge on any atom is -0.508 e. The van der Waals surface area contributed by atoms with Crippen LogP contribution in [-0.4, -0.2) is 204 Å². The van der Waals surface area contributed by atoms with Gasteiger partial charge in [-0.05, 0) is 68.7 Å². The molecule has 0 aliphatic carbocycles. The third-order valence-corrected chi connectivity index (χ3v) is 14.9. The minimum atomic E-state index is -2.28. The molecule has 25 nitrogen and oxygen atoms in total. The van der Waals surface area contributed by atoms with Crippen LogP contribution in [0.15, 0.2) is 24.3 Å². The van der Waals surface area contributed by atoms with Gasteiger partial charge in [0.2, 0.25) is 41.4 Å². The molecule has 3 aliphatic rings. The molecule has 1 aromatic carbocycles. The number of carbonyl (C=O) groups excluding carboxylic acids is 7. The van der Waals surface area contributed by atoms with Crippen molar-refractivity contribution in [2.75, 3.05) is 32.7 Å². The van der Waals surface area contributed by atoms with Crippen LogP contribution >= 0.6 is 0 Å². The van der Waals surface area contributed by atoms with E-state index in [1.807, 2.05) is 0 Å². The molecular weight excluding hydrogens is 1000 g/mol. The summed E-state index contributed by atoms with van der Waals surface area (Å²) in [5.41, 5.74) is 11.5. The van der Waals surface area contributed by atoms with E-state index in [1.165, 1.54) is 30.7 Å². The molecule has 0 bridgehead atoms. The maximum Gasteiger partial charge on any atom is 0.248 e. The second kappa shape index (κ2) is 31.5. The predicted molar refractivity (Wildman–Crippen MR) is 280 cm³/mol. The van der Waals surface area contributed by atoms with Crippen molar-refractivity contribution in [3.63, 3.8) is 0 Å². The third-order valence-electron chi connectivity index (χ3n) is 14.9. The van der Waals surface area contributed by atoms with Crippen molar-refractivity contribution in [3.8, 4) is 5.75 Å². The second-order valence-electron chi connectivity index (χ2n) is 21.3. The number of aromatic hydroxyl groups is 1. The van der Waals surface area contributed by atoms with Crippen LogP contribution in [0, 0.1) is 11.8 Å². The van der Waals surface area contributed by atoms with E-state index in [4.69, 9.17) is 11.5 Å². The van der Waals surface area contributed by atoms with Gasteiger partial charge in [-0.3, -0.25) is 38.9 Å². The summed E-state index contributed by atoms with van der Waals surface area (Å²) in [7, 11) is 0. The number of nitrogens with one attached hydrogen (secondary N) is 6. The van der Waals surface area contributed by atoms with Crippen molar-refractivity contribution in [2.24, 2.45) is 23.3 Å². The Morgan fingerprint density at radius 1 is 0.714 bits per heavy atom. The van der Waals surface area contributed by atoms with Crippen LogP contribution in [0.4, 0.5) is 0 Å². The zero-order valence-corrected chi connectivity index (χ0v) is 45.0. The number of nitrogens with two attached hydrogens (primary N) is 2. The number of unbranched alkanes of at least 4 members (excludes halogenated alkanes) is 5. The van der Waals surface area contributed by atoms with Crippen LogP contribution in [-0.2, 0) is 33.6 Å². The molecule has 1 aromatic rings. The summed E-state index contributed by atoms with van der Waals surface area (Å²) < 4.78 is 0. The van der Waals surface area contributed by atoms with Crippen LogP contribution in [0.25, 0.3) is 0 Å². The number of fused-ring (bicyclic) bond motifs is 2. The smallest absolute Gasteiger partial charge is 0.248 e. The van der Waals surface area contributed by atoms with E-state index in [0.29, 0.717) is 24.7 Å². The fourth-order valence-electron chi connectivity index (χ4n) is 10.2. The normalized spacial score (nSPS) is 28.6. The third kappa shape index (κ3) is 18.8. The number of phenolic OH excluding ortho intramolecular Hbond substituents is 1.